The summed E-state index contributed by atoms with van der Waals surface area (Å²) in [5.41, 5.74) is 1.72. The fraction of sp³-hybridized carbons (Fsp3) is 0.200. The van der Waals surface area contributed by atoms with Crippen molar-refractivity contribution in [2.75, 3.05) is 5.75 Å². The topological polar surface area (TPSA) is 32.6 Å². The quantitative estimate of drug-likeness (QED) is 0.578. The molecule has 1 aromatic heterocycles. The van der Waals surface area contributed by atoms with E-state index in [0.29, 0.717) is 15.7 Å². The van der Waals surface area contributed by atoms with E-state index < -0.39 is 0 Å². The molecule has 2 aromatic rings. The number of hydrogen-bond donors (Lipinski definition) is 0. The van der Waals surface area contributed by atoms with Crippen molar-refractivity contribution in [2.24, 2.45) is 7.05 Å². The number of allylic oxidation sites excluding steroid dienone is 1. The van der Waals surface area contributed by atoms with E-state index in [-0.39, 0.29) is 5.25 Å². The van der Waals surface area contributed by atoms with E-state index >= 15 is 0 Å². The van der Waals surface area contributed by atoms with Crippen LogP contribution in [0, 0.1) is 11.3 Å². The summed E-state index contributed by atoms with van der Waals surface area (Å²) in [4.78, 5) is 0. The molecule has 0 radical (unpaired) electrons. The van der Waals surface area contributed by atoms with Gasteiger partial charge in [0.05, 0.1) is 11.3 Å². The number of aromatic nitrogens is 2. The lowest BCUT2D eigenvalue weighted by molar-refractivity contribution is -0.670. The van der Waals surface area contributed by atoms with Crippen LogP contribution < -0.4 is 4.57 Å². The molecule has 0 N–H and O–H groups in total. The third kappa shape index (κ3) is 3.16. The Kier molecular flexibility index (Phi) is 4.74. The van der Waals surface area contributed by atoms with Gasteiger partial charge in [-0.2, -0.15) is 9.83 Å². The minimum Gasteiger partial charge on any atom is -0.239 e. The zero-order chi connectivity index (χ0) is 15.7. The zero-order valence-corrected chi connectivity index (χ0v) is 14.8. The van der Waals surface area contributed by atoms with E-state index in [1.54, 1.807) is 29.6 Å². The Morgan fingerprint density at radius 2 is 2.27 bits per heavy atom. The van der Waals surface area contributed by atoms with Gasteiger partial charge in [-0.3, -0.25) is 0 Å². The third-order valence-corrected chi connectivity index (χ3v) is 6.73. The molecule has 3 rings (SSSR count). The number of halogens is 2. The van der Waals surface area contributed by atoms with Crippen molar-refractivity contribution in [2.45, 2.75) is 5.25 Å². The second-order valence-corrected chi connectivity index (χ2v) is 8.16. The first-order chi connectivity index (χ1) is 10.6. The third-order valence-electron chi connectivity index (χ3n) is 3.25. The lowest BCUT2D eigenvalue weighted by Crippen LogP contribution is -2.23. The molecule has 112 valence electrons. The maximum atomic E-state index is 9.49. The van der Waals surface area contributed by atoms with Gasteiger partial charge >= 0.3 is 0 Å². The highest BCUT2D eigenvalue weighted by molar-refractivity contribution is 8.25. The highest BCUT2D eigenvalue weighted by Crippen LogP contribution is 2.53. The van der Waals surface area contributed by atoms with Gasteiger partial charge < -0.3 is 0 Å². The summed E-state index contributed by atoms with van der Waals surface area (Å²) in [7, 11) is 1.93. The monoisotopic (exact) mass is 368 g/mol. The lowest BCUT2D eigenvalue weighted by atomic mass is 10.2. The molecule has 2 heterocycles. The Labute approximate surface area is 147 Å². The molecule has 3 nitrogen and oxygen atoms in total. The van der Waals surface area contributed by atoms with Gasteiger partial charge in [-0.1, -0.05) is 29.3 Å². The standard InChI is InChI=1S/C15H12Cl2N3S2/c1-19-4-5-20(9-19)13(7-18)15-21-8-14(22-15)11-3-2-10(16)6-12(11)17/h2-6,9,14H,8H2,1H3/q+1. The molecule has 0 aliphatic carbocycles. The Morgan fingerprint density at radius 1 is 1.45 bits per heavy atom. The van der Waals surface area contributed by atoms with E-state index in [4.69, 9.17) is 23.2 Å². The molecule has 0 amide bonds. The highest BCUT2D eigenvalue weighted by Gasteiger charge is 2.29. The van der Waals surface area contributed by atoms with Crippen molar-refractivity contribution in [3.8, 4) is 6.07 Å². The summed E-state index contributed by atoms with van der Waals surface area (Å²) < 4.78 is 4.78. The molecule has 1 fully saturated rings. The predicted octanol–water partition coefficient (Wildman–Crippen LogP) is 4.49. The fourth-order valence-corrected chi connectivity index (χ4v) is 5.71. The van der Waals surface area contributed by atoms with Gasteiger partial charge in [-0.05, 0) is 17.7 Å². The van der Waals surface area contributed by atoms with Gasteiger partial charge in [0.25, 0.3) is 0 Å². The predicted molar refractivity (Wildman–Crippen MR) is 93.7 cm³/mol. The van der Waals surface area contributed by atoms with Crippen LogP contribution in [0.5, 0.6) is 0 Å². The van der Waals surface area contributed by atoms with Crippen molar-refractivity contribution in [1.29, 1.82) is 5.26 Å². The average molecular weight is 369 g/mol. The van der Waals surface area contributed by atoms with Crippen molar-refractivity contribution in [1.82, 2.24) is 4.57 Å². The van der Waals surface area contributed by atoms with Crippen molar-refractivity contribution in [3.63, 3.8) is 0 Å². The van der Waals surface area contributed by atoms with E-state index in [1.165, 1.54) is 0 Å². The van der Waals surface area contributed by atoms with Gasteiger partial charge in [0, 0.05) is 21.0 Å². The Balaban J connectivity index is 1.90. The van der Waals surface area contributed by atoms with E-state index in [0.717, 1.165) is 15.6 Å². The number of imidazole rings is 1. The van der Waals surface area contributed by atoms with Gasteiger partial charge in [0.15, 0.2) is 0 Å². The molecule has 0 saturated carbocycles. The van der Waals surface area contributed by atoms with Gasteiger partial charge in [0.1, 0.15) is 18.5 Å². The molecule has 1 aliphatic rings. The first-order valence-corrected chi connectivity index (χ1v) is 9.13. The summed E-state index contributed by atoms with van der Waals surface area (Å²) in [5, 5.41) is 11.0. The normalized spacial score (nSPS) is 20.0. The molecule has 7 heteroatoms. The van der Waals surface area contributed by atoms with Gasteiger partial charge in [-0.25, -0.2) is 4.57 Å². The van der Waals surface area contributed by atoms with Crippen LogP contribution in [0.15, 0.2) is 41.2 Å². The second kappa shape index (κ2) is 6.59. The summed E-state index contributed by atoms with van der Waals surface area (Å²) in [6, 6.07) is 7.89. The minimum atomic E-state index is 0.234. The molecule has 0 bridgehead atoms. The molecule has 1 aliphatic heterocycles. The number of nitriles is 1. The fourth-order valence-electron chi connectivity index (χ4n) is 2.18. The summed E-state index contributed by atoms with van der Waals surface area (Å²) >= 11 is 15.6. The molecule has 1 aromatic carbocycles. The number of rotatable bonds is 2. The van der Waals surface area contributed by atoms with Crippen molar-refractivity contribution >= 4 is 52.4 Å². The largest absolute Gasteiger partial charge is 0.249 e. The Hall–Kier alpha value is -1.06. The number of hydrogen-bond acceptors (Lipinski definition) is 3. The Bertz CT molecular complexity index is 792. The first-order valence-electron chi connectivity index (χ1n) is 6.51. The Morgan fingerprint density at radius 3 is 2.91 bits per heavy atom. The van der Waals surface area contributed by atoms with Gasteiger partial charge in [-0.15, -0.1) is 23.5 Å². The number of thioether (sulfide) groups is 2. The van der Waals surface area contributed by atoms with Crippen LogP contribution >= 0.6 is 46.7 Å². The van der Waals surface area contributed by atoms with Crippen LogP contribution in [0.3, 0.4) is 0 Å². The second-order valence-electron chi connectivity index (χ2n) is 4.82. The molecule has 1 unspecified atom stereocenters. The molecule has 1 atom stereocenters. The van der Waals surface area contributed by atoms with E-state index in [1.807, 2.05) is 47.0 Å². The lowest BCUT2D eigenvalue weighted by Gasteiger charge is -2.10. The van der Waals surface area contributed by atoms with Crippen molar-refractivity contribution in [3.05, 3.63) is 56.8 Å². The maximum absolute atomic E-state index is 9.49. The number of benzene rings is 1. The first kappa shape index (κ1) is 15.8. The average Bonchev–Trinajstić information content (AvgIpc) is 3.10. The zero-order valence-electron chi connectivity index (χ0n) is 11.7. The molecule has 1 saturated heterocycles. The van der Waals surface area contributed by atoms with Crippen LogP contribution in [-0.4, -0.2) is 10.3 Å². The van der Waals surface area contributed by atoms with Crippen LogP contribution in [-0.2, 0) is 7.05 Å². The summed E-state index contributed by atoms with van der Waals surface area (Å²) in [6.07, 6.45) is 5.68. The number of nitrogens with zero attached hydrogens (tertiary/aromatic N) is 3. The molecule has 0 spiro atoms. The van der Waals surface area contributed by atoms with Gasteiger partial charge in [0.2, 0.25) is 12.0 Å². The highest BCUT2D eigenvalue weighted by atomic mass is 35.5. The molecule has 22 heavy (non-hydrogen) atoms. The van der Waals surface area contributed by atoms with Crippen molar-refractivity contribution < 1.29 is 4.57 Å². The summed E-state index contributed by atoms with van der Waals surface area (Å²) in [5.74, 6) is 0.889. The van der Waals surface area contributed by atoms with Crippen LogP contribution in [0.25, 0.3) is 5.70 Å². The molecular formula is C15H12Cl2N3S2+. The van der Waals surface area contributed by atoms with E-state index in [2.05, 4.69) is 6.07 Å². The molecular weight excluding hydrogens is 357 g/mol. The SMILES string of the molecule is C[n+]1ccn(C(C#N)=C2SCC(c3ccc(Cl)cc3Cl)S2)c1. The van der Waals surface area contributed by atoms with E-state index in [9.17, 15) is 5.26 Å². The number of aryl methyl sites for hydroxylation is 1. The van der Waals surface area contributed by atoms with Crippen LogP contribution in [0.1, 0.15) is 10.8 Å². The minimum absolute atomic E-state index is 0.234. The maximum Gasteiger partial charge on any atom is 0.249 e. The summed E-state index contributed by atoms with van der Waals surface area (Å²) in [6.45, 7) is 0. The van der Waals surface area contributed by atoms with Crippen LogP contribution in [0.4, 0.5) is 0 Å². The van der Waals surface area contributed by atoms with Crippen LogP contribution in [0.2, 0.25) is 10.0 Å². The smallest absolute Gasteiger partial charge is 0.239 e.